The number of thiazole rings is 1. The molecule has 0 aliphatic heterocycles. The molecule has 108 valence electrons. The van der Waals surface area contributed by atoms with E-state index >= 15 is 0 Å². The third-order valence-corrected chi connectivity index (χ3v) is 4.84. The minimum atomic E-state index is 0.539. The highest BCUT2D eigenvalue weighted by molar-refractivity contribution is 7.14. The molecule has 0 atom stereocenters. The molecule has 0 N–H and O–H groups in total. The predicted octanol–water partition coefficient (Wildman–Crippen LogP) is 4.94. The van der Waals surface area contributed by atoms with Crippen LogP contribution in [0.3, 0.4) is 0 Å². The largest absolute Gasteiger partial charge is 0.496 e. The molecule has 3 aromatic rings. The van der Waals surface area contributed by atoms with Crippen molar-refractivity contribution in [1.82, 2.24) is 4.98 Å². The Morgan fingerprint density at radius 2 is 2.09 bits per heavy atom. The zero-order valence-corrected chi connectivity index (χ0v) is 13.4. The van der Waals surface area contributed by atoms with E-state index in [-0.39, 0.29) is 0 Å². The van der Waals surface area contributed by atoms with Crippen molar-refractivity contribution in [1.29, 1.82) is 5.26 Å². The first-order valence-corrected chi connectivity index (χ1v) is 8.32. The van der Waals surface area contributed by atoms with Gasteiger partial charge in [-0.3, -0.25) is 0 Å². The summed E-state index contributed by atoms with van der Waals surface area (Å²) in [6.45, 7) is 0. The van der Waals surface area contributed by atoms with Crippen molar-refractivity contribution in [2.45, 2.75) is 0 Å². The molecule has 0 aliphatic rings. The quantitative estimate of drug-likeness (QED) is 0.638. The number of allylic oxidation sites excluding steroid dienone is 1. The lowest BCUT2D eigenvalue weighted by molar-refractivity contribution is 0.414. The Morgan fingerprint density at radius 1 is 1.23 bits per heavy atom. The number of nitrogens with zero attached hydrogens (tertiary/aromatic N) is 2. The van der Waals surface area contributed by atoms with Crippen LogP contribution < -0.4 is 4.74 Å². The van der Waals surface area contributed by atoms with Crippen LogP contribution in [0.5, 0.6) is 5.75 Å². The van der Waals surface area contributed by atoms with Gasteiger partial charge in [0.1, 0.15) is 16.8 Å². The summed E-state index contributed by atoms with van der Waals surface area (Å²) in [5.41, 5.74) is 2.32. The Labute approximate surface area is 136 Å². The van der Waals surface area contributed by atoms with E-state index < -0.39 is 0 Å². The van der Waals surface area contributed by atoms with Crippen molar-refractivity contribution < 1.29 is 4.74 Å². The molecule has 0 unspecified atom stereocenters. The second kappa shape index (κ2) is 6.56. The van der Waals surface area contributed by atoms with Crippen LogP contribution in [0.1, 0.15) is 10.6 Å². The van der Waals surface area contributed by atoms with Crippen LogP contribution in [0.2, 0.25) is 0 Å². The maximum atomic E-state index is 9.45. The number of ether oxygens (including phenoxy) is 1. The van der Waals surface area contributed by atoms with Gasteiger partial charge in [0.05, 0.1) is 23.3 Å². The van der Waals surface area contributed by atoms with Crippen molar-refractivity contribution in [2.24, 2.45) is 0 Å². The van der Waals surface area contributed by atoms with Gasteiger partial charge in [-0.25, -0.2) is 4.98 Å². The van der Waals surface area contributed by atoms with Gasteiger partial charge in [0.15, 0.2) is 0 Å². The molecule has 3 nitrogen and oxygen atoms in total. The van der Waals surface area contributed by atoms with E-state index in [0.717, 1.165) is 26.9 Å². The summed E-state index contributed by atoms with van der Waals surface area (Å²) in [5.74, 6) is 0.741. The van der Waals surface area contributed by atoms with Gasteiger partial charge in [-0.2, -0.15) is 5.26 Å². The number of rotatable bonds is 4. The molecule has 22 heavy (non-hydrogen) atoms. The van der Waals surface area contributed by atoms with E-state index in [9.17, 15) is 5.26 Å². The normalized spacial score (nSPS) is 11.2. The molecule has 0 radical (unpaired) electrons. The molecule has 2 heterocycles. The fraction of sp³-hybridized carbons (Fsp3) is 0.0588. The van der Waals surface area contributed by atoms with Gasteiger partial charge >= 0.3 is 0 Å². The molecule has 0 amide bonds. The standard InChI is InChI=1S/C17H12N2OS2/c1-20-15-6-3-2-5-12(15)9-13(10-18)17-19-14(11-22-17)16-7-4-8-21-16/h2-9,11H,1H3/b13-9+. The SMILES string of the molecule is COc1ccccc1/C=C(\C#N)c1nc(-c2cccs2)cs1. The van der Waals surface area contributed by atoms with Crippen LogP contribution in [0.25, 0.3) is 22.2 Å². The zero-order chi connectivity index (χ0) is 15.4. The van der Waals surface area contributed by atoms with E-state index in [1.807, 2.05) is 53.2 Å². The first kappa shape index (κ1) is 14.5. The highest BCUT2D eigenvalue weighted by Crippen LogP contribution is 2.30. The van der Waals surface area contributed by atoms with Gasteiger partial charge in [-0.15, -0.1) is 22.7 Å². The smallest absolute Gasteiger partial charge is 0.134 e. The second-order valence-corrected chi connectivity index (χ2v) is 6.23. The second-order valence-electron chi connectivity index (χ2n) is 4.43. The van der Waals surface area contributed by atoms with Crippen LogP contribution in [-0.4, -0.2) is 12.1 Å². The van der Waals surface area contributed by atoms with Crippen LogP contribution >= 0.6 is 22.7 Å². The summed E-state index contributed by atoms with van der Waals surface area (Å²) in [5, 5.41) is 14.2. The molecule has 0 saturated carbocycles. The number of para-hydroxylation sites is 1. The number of hydrogen-bond donors (Lipinski definition) is 0. The topological polar surface area (TPSA) is 45.9 Å². The van der Waals surface area contributed by atoms with Crippen molar-refractivity contribution >= 4 is 34.3 Å². The summed E-state index contributed by atoms with van der Waals surface area (Å²) >= 11 is 3.12. The first-order valence-electron chi connectivity index (χ1n) is 6.56. The molecule has 5 heteroatoms. The zero-order valence-electron chi connectivity index (χ0n) is 11.8. The average Bonchev–Trinajstić information content (AvgIpc) is 3.23. The monoisotopic (exact) mass is 324 g/mol. The van der Waals surface area contributed by atoms with Crippen LogP contribution in [0, 0.1) is 11.3 Å². The van der Waals surface area contributed by atoms with E-state index in [1.54, 1.807) is 18.4 Å². The Morgan fingerprint density at radius 3 is 2.82 bits per heavy atom. The van der Waals surface area contributed by atoms with Gasteiger partial charge in [-0.05, 0) is 23.6 Å². The Balaban J connectivity index is 1.98. The fourth-order valence-electron chi connectivity index (χ4n) is 2.02. The summed E-state index contributed by atoms with van der Waals surface area (Å²) in [6.07, 6.45) is 1.82. The number of nitriles is 1. The Kier molecular flexibility index (Phi) is 4.33. The minimum absolute atomic E-state index is 0.539. The molecule has 0 fully saturated rings. The van der Waals surface area contributed by atoms with E-state index in [0.29, 0.717) is 5.57 Å². The van der Waals surface area contributed by atoms with Crippen molar-refractivity contribution in [3.05, 3.63) is 57.7 Å². The maximum Gasteiger partial charge on any atom is 0.134 e. The van der Waals surface area contributed by atoms with E-state index in [1.165, 1.54) is 11.3 Å². The molecular weight excluding hydrogens is 312 g/mol. The fourth-order valence-corrected chi connectivity index (χ4v) is 3.56. The summed E-state index contributed by atoms with van der Waals surface area (Å²) in [6, 6.07) is 13.9. The minimum Gasteiger partial charge on any atom is -0.496 e. The highest BCUT2D eigenvalue weighted by Gasteiger charge is 2.10. The summed E-state index contributed by atoms with van der Waals surface area (Å²) < 4.78 is 5.32. The van der Waals surface area contributed by atoms with Gasteiger partial charge in [0.25, 0.3) is 0 Å². The molecular formula is C17H12N2OS2. The predicted molar refractivity (Wildman–Crippen MR) is 91.9 cm³/mol. The van der Waals surface area contributed by atoms with Crippen LogP contribution in [0.15, 0.2) is 47.2 Å². The average molecular weight is 324 g/mol. The number of thiophene rings is 1. The highest BCUT2D eigenvalue weighted by atomic mass is 32.1. The molecule has 1 aromatic carbocycles. The number of methoxy groups -OCH3 is 1. The molecule has 3 rings (SSSR count). The lowest BCUT2D eigenvalue weighted by Crippen LogP contribution is -1.87. The van der Waals surface area contributed by atoms with Crippen LogP contribution in [-0.2, 0) is 0 Å². The van der Waals surface area contributed by atoms with Gasteiger partial charge in [0, 0.05) is 10.9 Å². The van der Waals surface area contributed by atoms with Crippen LogP contribution in [0.4, 0.5) is 0 Å². The maximum absolute atomic E-state index is 9.45. The van der Waals surface area contributed by atoms with Crippen molar-refractivity contribution in [3.63, 3.8) is 0 Å². The van der Waals surface area contributed by atoms with Gasteiger partial charge in [0.2, 0.25) is 0 Å². The first-order chi connectivity index (χ1) is 10.8. The van der Waals surface area contributed by atoms with Crippen molar-refractivity contribution in [3.8, 4) is 22.4 Å². The molecule has 0 saturated heterocycles. The molecule has 0 spiro atoms. The number of benzene rings is 1. The summed E-state index contributed by atoms with van der Waals surface area (Å²) in [7, 11) is 1.62. The Hall–Kier alpha value is -2.42. The summed E-state index contributed by atoms with van der Waals surface area (Å²) in [4.78, 5) is 5.68. The lowest BCUT2D eigenvalue weighted by Gasteiger charge is -2.03. The van der Waals surface area contributed by atoms with E-state index in [2.05, 4.69) is 11.1 Å². The molecule has 0 bridgehead atoms. The van der Waals surface area contributed by atoms with Gasteiger partial charge < -0.3 is 4.74 Å². The third-order valence-electron chi connectivity index (χ3n) is 3.07. The molecule has 0 aliphatic carbocycles. The lowest BCUT2D eigenvalue weighted by atomic mass is 10.1. The van der Waals surface area contributed by atoms with Gasteiger partial charge in [-0.1, -0.05) is 24.3 Å². The Bertz CT molecular complexity index is 842. The number of aromatic nitrogens is 1. The van der Waals surface area contributed by atoms with Crippen molar-refractivity contribution in [2.75, 3.05) is 7.11 Å². The van der Waals surface area contributed by atoms with E-state index in [4.69, 9.17) is 4.74 Å². The third kappa shape index (κ3) is 2.93. The molecule has 2 aromatic heterocycles. The number of hydrogen-bond acceptors (Lipinski definition) is 5.